The second kappa shape index (κ2) is 6.92. The van der Waals surface area contributed by atoms with E-state index in [2.05, 4.69) is 5.32 Å². The predicted octanol–water partition coefficient (Wildman–Crippen LogP) is 0.965. The van der Waals surface area contributed by atoms with Crippen molar-refractivity contribution in [3.8, 4) is 0 Å². The number of carbonyl (C=O) groups excluding carboxylic acids is 1. The molecule has 1 aromatic carbocycles. The zero-order chi connectivity index (χ0) is 15.3. The minimum atomic E-state index is -1.50. The molecule has 0 saturated carbocycles. The van der Waals surface area contributed by atoms with Gasteiger partial charge in [-0.3, -0.25) is 4.79 Å². The van der Waals surface area contributed by atoms with Crippen molar-refractivity contribution in [3.05, 3.63) is 29.3 Å². The second-order valence-electron chi connectivity index (χ2n) is 3.99. The summed E-state index contributed by atoms with van der Waals surface area (Å²) in [5.74, 6) is -4.79. The van der Waals surface area contributed by atoms with Crippen LogP contribution in [0.2, 0.25) is 0 Å². The van der Waals surface area contributed by atoms with E-state index in [1.165, 1.54) is 7.11 Å². The zero-order valence-corrected chi connectivity index (χ0v) is 10.7. The van der Waals surface area contributed by atoms with Crippen molar-refractivity contribution in [2.24, 2.45) is 5.73 Å². The van der Waals surface area contributed by atoms with Gasteiger partial charge in [-0.1, -0.05) is 0 Å². The lowest BCUT2D eigenvalue weighted by Gasteiger charge is -2.13. The Hall–Kier alpha value is -2.06. The number of ether oxygens (including phenoxy) is 1. The SMILES string of the molecule is COCCC(N)C(=O)Nc1cc(F)c(F)cc1C(=O)O. The molecule has 1 aromatic rings. The van der Waals surface area contributed by atoms with Gasteiger partial charge in [0.25, 0.3) is 0 Å². The Balaban J connectivity index is 2.93. The van der Waals surface area contributed by atoms with E-state index in [1.807, 2.05) is 0 Å². The molecule has 6 nitrogen and oxygen atoms in total. The maximum absolute atomic E-state index is 13.1. The van der Waals surface area contributed by atoms with Gasteiger partial charge in [0, 0.05) is 19.8 Å². The molecule has 0 aliphatic rings. The number of carboxylic acids is 1. The first-order valence-corrected chi connectivity index (χ1v) is 5.64. The third-order valence-electron chi connectivity index (χ3n) is 2.52. The summed E-state index contributed by atoms with van der Waals surface area (Å²) in [6.07, 6.45) is 0.203. The van der Waals surface area contributed by atoms with Gasteiger partial charge in [0.2, 0.25) is 5.91 Å². The van der Waals surface area contributed by atoms with Crippen LogP contribution in [0.4, 0.5) is 14.5 Å². The van der Waals surface area contributed by atoms with E-state index in [1.54, 1.807) is 0 Å². The Labute approximate surface area is 113 Å². The lowest BCUT2D eigenvalue weighted by molar-refractivity contribution is -0.117. The number of benzene rings is 1. The highest BCUT2D eigenvalue weighted by atomic mass is 19.2. The number of methoxy groups -OCH3 is 1. The largest absolute Gasteiger partial charge is 0.478 e. The van der Waals surface area contributed by atoms with Gasteiger partial charge in [0.05, 0.1) is 17.3 Å². The highest BCUT2D eigenvalue weighted by molar-refractivity contribution is 6.02. The molecule has 0 aliphatic heterocycles. The Morgan fingerprint density at radius 3 is 2.55 bits per heavy atom. The number of nitrogens with one attached hydrogen (secondary N) is 1. The summed E-state index contributed by atoms with van der Waals surface area (Å²) in [5.41, 5.74) is 4.63. The van der Waals surface area contributed by atoms with Crippen LogP contribution in [0.25, 0.3) is 0 Å². The molecule has 4 N–H and O–H groups in total. The summed E-state index contributed by atoms with van der Waals surface area (Å²) >= 11 is 0. The van der Waals surface area contributed by atoms with Gasteiger partial charge in [0.1, 0.15) is 0 Å². The molecule has 0 fully saturated rings. The fraction of sp³-hybridized carbons (Fsp3) is 0.333. The number of hydrogen-bond donors (Lipinski definition) is 3. The summed E-state index contributed by atoms with van der Waals surface area (Å²) in [6.45, 7) is 0.234. The first-order valence-electron chi connectivity index (χ1n) is 5.64. The zero-order valence-electron chi connectivity index (χ0n) is 10.7. The maximum atomic E-state index is 13.1. The van der Waals surface area contributed by atoms with E-state index in [4.69, 9.17) is 15.6 Å². The van der Waals surface area contributed by atoms with Crippen LogP contribution in [0.5, 0.6) is 0 Å². The summed E-state index contributed by atoms with van der Waals surface area (Å²) < 4.78 is 30.8. The number of hydrogen-bond acceptors (Lipinski definition) is 4. The molecule has 0 spiro atoms. The van der Waals surface area contributed by atoms with Crippen LogP contribution in [0.3, 0.4) is 0 Å². The van der Waals surface area contributed by atoms with E-state index in [9.17, 15) is 18.4 Å². The second-order valence-corrected chi connectivity index (χ2v) is 3.99. The van der Waals surface area contributed by atoms with Crippen molar-refractivity contribution in [3.63, 3.8) is 0 Å². The van der Waals surface area contributed by atoms with Gasteiger partial charge in [-0.05, 0) is 12.5 Å². The minimum Gasteiger partial charge on any atom is -0.478 e. The topological polar surface area (TPSA) is 102 Å². The van der Waals surface area contributed by atoms with Crippen molar-refractivity contribution >= 4 is 17.6 Å². The summed E-state index contributed by atoms with van der Waals surface area (Å²) in [7, 11) is 1.43. The summed E-state index contributed by atoms with van der Waals surface area (Å²) in [5, 5.41) is 11.0. The molecule has 0 aromatic heterocycles. The third kappa shape index (κ3) is 3.97. The number of nitrogens with two attached hydrogens (primary N) is 1. The molecule has 8 heteroatoms. The predicted molar refractivity (Wildman–Crippen MR) is 66.4 cm³/mol. The normalized spacial score (nSPS) is 12.0. The van der Waals surface area contributed by atoms with Crippen molar-refractivity contribution in [1.29, 1.82) is 0 Å². The monoisotopic (exact) mass is 288 g/mol. The molecule has 0 bridgehead atoms. The van der Waals surface area contributed by atoms with Crippen LogP contribution in [-0.4, -0.2) is 36.7 Å². The molecule has 0 heterocycles. The van der Waals surface area contributed by atoms with Crippen LogP contribution >= 0.6 is 0 Å². The molecule has 20 heavy (non-hydrogen) atoms. The third-order valence-corrected chi connectivity index (χ3v) is 2.52. The molecule has 0 saturated heterocycles. The number of anilines is 1. The molecule has 1 amide bonds. The molecule has 0 radical (unpaired) electrons. The first-order chi connectivity index (χ1) is 9.36. The van der Waals surface area contributed by atoms with E-state index in [0.29, 0.717) is 12.1 Å². The molecule has 1 unspecified atom stereocenters. The average molecular weight is 288 g/mol. The van der Waals surface area contributed by atoms with Crippen LogP contribution in [-0.2, 0) is 9.53 Å². The van der Waals surface area contributed by atoms with Crippen molar-refractivity contribution in [2.75, 3.05) is 19.0 Å². The Bertz CT molecular complexity index is 522. The molecule has 0 aliphatic carbocycles. The summed E-state index contributed by atoms with van der Waals surface area (Å²) in [4.78, 5) is 22.6. The molecule has 1 rings (SSSR count). The number of aromatic carboxylic acids is 1. The highest BCUT2D eigenvalue weighted by Gasteiger charge is 2.19. The van der Waals surface area contributed by atoms with Gasteiger partial charge >= 0.3 is 5.97 Å². The molecular weight excluding hydrogens is 274 g/mol. The minimum absolute atomic E-state index is 0.203. The van der Waals surface area contributed by atoms with Crippen molar-refractivity contribution < 1.29 is 28.2 Å². The maximum Gasteiger partial charge on any atom is 0.337 e. The molecular formula is C12H14F2N2O4. The molecule has 1 atom stereocenters. The number of halogens is 2. The number of rotatable bonds is 6. The van der Waals surface area contributed by atoms with Crippen LogP contribution in [0.15, 0.2) is 12.1 Å². The van der Waals surface area contributed by atoms with E-state index in [0.717, 1.165) is 0 Å². The van der Waals surface area contributed by atoms with Crippen molar-refractivity contribution in [1.82, 2.24) is 0 Å². The van der Waals surface area contributed by atoms with Gasteiger partial charge in [-0.25, -0.2) is 13.6 Å². The quantitative estimate of drug-likeness (QED) is 0.724. The highest BCUT2D eigenvalue weighted by Crippen LogP contribution is 2.20. The number of carbonyl (C=O) groups is 2. The average Bonchev–Trinajstić information content (AvgIpc) is 2.39. The van der Waals surface area contributed by atoms with E-state index >= 15 is 0 Å². The fourth-order valence-corrected chi connectivity index (χ4v) is 1.43. The van der Waals surface area contributed by atoms with E-state index < -0.39 is 35.1 Å². The van der Waals surface area contributed by atoms with Gasteiger partial charge < -0.3 is 20.9 Å². The van der Waals surface area contributed by atoms with Gasteiger partial charge in [-0.2, -0.15) is 0 Å². The first kappa shape index (κ1) is 16.0. The standard InChI is InChI=1S/C12H14F2N2O4/c1-20-3-2-9(15)11(17)16-10-5-8(14)7(13)4-6(10)12(18)19/h4-5,9H,2-3,15H2,1H3,(H,16,17)(H,18,19). The van der Waals surface area contributed by atoms with Crippen LogP contribution < -0.4 is 11.1 Å². The van der Waals surface area contributed by atoms with Gasteiger partial charge in [-0.15, -0.1) is 0 Å². The van der Waals surface area contributed by atoms with Crippen molar-refractivity contribution in [2.45, 2.75) is 12.5 Å². The Morgan fingerprint density at radius 2 is 2.00 bits per heavy atom. The summed E-state index contributed by atoms with van der Waals surface area (Å²) in [6, 6.07) is 0.137. The Kier molecular flexibility index (Phi) is 5.53. The van der Waals surface area contributed by atoms with Crippen LogP contribution in [0, 0.1) is 11.6 Å². The van der Waals surface area contributed by atoms with E-state index in [-0.39, 0.29) is 18.7 Å². The van der Waals surface area contributed by atoms with Crippen LogP contribution in [0.1, 0.15) is 16.8 Å². The van der Waals surface area contributed by atoms with Gasteiger partial charge in [0.15, 0.2) is 11.6 Å². The lowest BCUT2D eigenvalue weighted by atomic mass is 10.1. The molecule has 110 valence electrons. The Morgan fingerprint density at radius 1 is 1.40 bits per heavy atom. The smallest absolute Gasteiger partial charge is 0.337 e. The lowest BCUT2D eigenvalue weighted by Crippen LogP contribution is -2.36. The number of carboxylic acid groups (broad SMARTS) is 1. The fourth-order valence-electron chi connectivity index (χ4n) is 1.43. The number of amides is 1.